The lowest BCUT2D eigenvalue weighted by molar-refractivity contribution is 0.112. The van der Waals surface area contributed by atoms with E-state index in [1.807, 2.05) is 24.3 Å². The summed E-state index contributed by atoms with van der Waals surface area (Å²) in [5, 5.41) is 0.766. The van der Waals surface area contributed by atoms with Gasteiger partial charge in [0.1, 0.15) is 0 Å². The van der Waals surface area contributed by atoms with E-state index < -0.39 is 0 Å². The number of carbonyl (C=O) groups is 1. The average molecular weight is 330 g/mol. The number of hydrogen-bond acceptors (Lipinski definition) is 4. The molecule has 0 spiro atoms. The third-order valence-corrected chi connectivity index (χ3v) is 4.59. The fourth-order valence-corrected chi connectivity index (χ4v) is 3.16. The van der Waals surface area contributed by atoms with E-state index in [4.69, 9.17) is 17.3 Å². The predicted octanol–water partition coefficient (Wildman–Crippen LogP) is 3.37. The first-order chi connectivity index (χ1) is 11.1. The van der Waals surface area contributed by atoms with Gasteiger partial charge in [-0.3, -0.25) is 4.79 Å². The molecule has 1 heterocycles. The van der Waals surface area contributed by atoms with Gasteiger partial charge in [-0.2, -0.15) is 0 Å². The third-order valence-electron chi connectivity index (χ3n) is 4.35. The molecule has 5 heteroatoms. The van der Waals surface area contributed by atoms with Crippen LogP contribution in [-0.4, -0.2) is 32.5 Å². The number of benzene rings is 2. The minimum absolute atomic E-state index is 0.525. The van der Waals surface area contributed by atoms with Gasteiger partial charge in [-0.25, -0.2) is 0 Å². The Bertz CT molecular complexity index is 724. The molecule has 3 rings (SSSR count). The molecule has 1 aliphatic rings. The van der Waals surface area contributed by atoms with Crippen LogP contribution in [0.25, 0.3) is 0 Å². The summed E-state index contributed by atoms with van der Waals surface area (Å²) in [5.41, 5.74) is 10.3. The van der Waals surface area contributed by atoms with Gasteiger partial charge in [-0.05, 0) is 42.8 Å². The summed E-state index contributed by atoms with van der Waals surface area (Å²) in [6.07, 6.45) is 0.810. The highest BCUT2D eigenvalue weighted by atomic mass is 35.5. The molecule has 1 saturated heterocycles. The Kier molecular flexibility index (Phi) is 4.44. The van der Waals surface area contributed by atoms with Gasteiger partial charge in [-0.1, -0.05) is 17.7 Å². The molecule has 0 atom stereocenters. The van der Waals surface area contributed by atoms with Crippen molar-refractivity contribution in [3.05, 3.63) is 52.5 Å². The molecule has 1 fully saturated rings. The smallest absolute Gasteiger partial charge is 0.152 e. The lowest BCUT2D eigenvalue weighted by atomic mass is 10.1. The van der Waals surface area contributed by atoms with E-state index in [1.54, 1.807) is 6.07 Å². The van der Waals surface area contributed by atoms with E-state index in [0.717, 1.165) is 43.2 Å². The highest BCUT2D eigenvalue weighted by Crippen LogP contribution is 2.27. The van der Waals surface area contributed by atoms with Crippen molar-refractivity contribution in [2.24, 2.45) is 0 Å². The summed E-state index contributed by atoms with van der Waals surface area (Å²) in [7, 11) is 0. The Balaban J connectivity index is 1.73. The zero-order valence-corrected chi connectivity index (χ0v) is 13.9. The number of aryl methyl sites for hydroxylation is 1. The Morgan fingerprint density at radius 1 is 1.04 bits per heavy atom. The number of hydrogen-bond donors (Lipinski definition) is 1. The van der Waals surface area contributed by atoms with Crippen LogP contribution in [0.1, 0.15) is 15.9 Å². The van der Waals surface area contributed by atoms with Gasteiger partial charge in [0.05, 0.1) is 0 Å². The molecule has 0 radical (unpaired) electrons. The molecule has 0 aliphatic carbocycles. The molecular weight excluding hydrogens is 310 g/mol. The monoisotopic (exact) mass is 329 g/mol. The van der Waals surface area contributed by atoms with Gasteiger partial charge >= 0.3 is 0 Å². The van der Waals surface area contributed by atoms with Crippen molar-refractivity contribution >= 4 is 34.9 Å². The Hall–Kier alpha value is -2.20. The van der Waals surface area contributed by atoms with Crippen molar-refractivity contribution in [2.45, 2.75) is 6.92 Å². The average Bonchev–Trinajstić information content (AvgIpc) is 2.58. The highest BCUT2D eigenvalue weighted by molar-refractivity contribution is 6.30. The number of piperazine rings is 1. The SMILES string of the molecule is Cc1ccc(Cl)cc1N1CCN(c2ccc(N)c(C=O)c2)CC1. The second-order valence-electron chi connectivity index (χ2n) is 5.84. The number of halogens is 1. The maximum Gasteiger partial charge on any atom is 0.152 e. The minimum atomic E-state index is 0.525. The number of aldehydes is 1. The van der Waals surface area contributed by atoms with Gasteiger partial charge in [0.2, 0.25) is 0 Å². The first-order valence-corrected chi connectivity index (χ1v) is 8.07. The number of nitrogens with zero attached hydrogens (tertiary/aromatic N) is 2. The molecule has 0 amide bonds. The highest BCUT2D eigenvalue weighted by Gasteiger charge is 2.19. The molecule has 4 nitrogen and oxygen atoms in total. The third kappa shape index (κ3) is 3.27. The lowest BCUT2D eigenvalue weighted by Gasteiger charge is -2.38. The Morgan fingerprint density at radius 2 is 1.74 bits per heavy atom. The van der Waals surface area contributed by atoms with Crippen molar-refractivity contribution in [1.29, 1.82) is 0 Å². The van der Waals surface area contributed by atoms with Crippen molar-refractivity contribution in [2.75, 3.05) is 41.7 Å². The van der Waals surface area contributed by atoms with Crippen LogP contribution in [-0.2, 0) is 0 Å². The van der Waals surface area contributed by atoms with E-state index in [0.29, 0.717) is 11.3 Å². The van der Waals surface area contributed by atoms with E-state index in [1.165, 1.54) is 11.3 Å². The van der Waals surface area contributed by atoms with Crippen molar-refractivity contribution in [3.8, 4) is 0 Å². The quantitative estimate of drug-likeness (QED) is 0.693. The van der Waals surface area contributed by atoms with E-state index >= 15 is 0 Å². The van der Waals surface area contributed by atoms with Crippen LogP contribution in [0.2, 0.25) is 5.02 Å². The first kappa shape index (κ1) is 15.7. The Morgan fingerprint density at radius 3 is 2.43 bits per heavy atom. The predicted molar refractivity (Wildman–Crippen MR) is 96.9 cm³/mol. The van der Waals surface area contributed by atoms with Crippen LogP contribution in [0.3, 0.4) is 0 Å². The first-order valence-electron chi connectivity index (χ1n) is 7.69. The fraction of sp³-hybridized carbons (Fsp3) is 0.278. The zero-order chi connectivity index (χ0) is 16.4. The molecule has 2 N–H and O–H groups in total. The molecule has 2 aromatic rings. The standard InChI is InChI=1S/C18H20ClN3O/c1-13-2-3-15(19)11-18(13)22-8-6-21(7-9-22)16-4-5-17(20)14(10-16)12-23/h2-5,10-12H,6-9,20H2,1H3. The van der Waals surface area contributed by atoms with Crippen molar-refractivity contribution < 1.29 is 4.79 Å². The number of nitrogen functional groups attached to an aromatic ring is 1. The zero-order valence-electron chi connectivity index (χ0n) is 13.1. The van der Waals surface area contributed by atoms with Crippen LogP contribution >= 0.6 is 11.6 Å². The van der Waals surface area contributed by atoms with Crippen molar-refractivity contribution in [3.63, 3.8) is 0 Å². The van der Waals surface area contributed by atoms with Gasteiger partial charge in [0.25, 0.3) is 0 Å². The Labute approximate surface area is 141 Å². The normalized spacial score (nSPS) is 14.9. The minimum Gasteiger partial charge on any atom is -0.398 e. The maximum absolute atomic E-state index is 11.0. The van der Waals surface area contributed by atoms with Crippen molar-refractivity contribution in [1.82, 2.24) is 0 Å². The molecule has 120 valence electrons. The lowest BCUT2D eigenvalue weighted by Crippen LogP contribution is -2.46. The topological polar surface area (TPSA) is 49.6 Å². The number of anilines is 3. The largest absolute Gasteiger partial charge is 0.398 e. The summed E-state index contributed by atoms with van der Waals surface area (Å²) < 4.78 is 0. The van der Waals surface area contributed by atoms with Crippen LogP contribution in [0.15, 0.2) is 36.4 Å². The molecule has 23 heavy (non-hydrogen) atoms. The summed E-state index contributed by atoms with van der Waals surface area (Å²) in [4.78, 5) is 15.7. The molecule has 2 aromatic carbocycles. The number of carbonyl (C=O) groups excluding carboxylic acids is 1. The van der Waals surface area contributed by atoms with Crippen LogP contribution in [0.5, 0.6) is 0 Å². The molecule has 0 unspecified atom stereocenters. The maximum atomic E-state index is 11.0. The van der Waals surface area contributed by atoms with Crippen LogP contribution in [0.4, 0.5) is 17.1 Å². The second kappa shape index (κ2) is 6.50. The molecule has 0 aromatic heterocycles. The number of rotatable bonds is 3. The van der Waals surface area contributed by atoms with Crippen LogP contribution in [0, 0.1) is 6.92 Å². The van der Waals surface area contributed by atoms with Gasteiger partial charge in [-0.15, -0.1) is 0 Å². The molecule has 0 saturated carbocycles. The molecule has 0 bridgehead atoms. The summed E-state index contributed by atoms with van der Waals surface area (Å²) in [5.74, 6) is 0. The summed E-state index contributed by atoms with van der Waals surface area (Å²) >= 11 is 6.13. The second-order valence-corrected chi connectivity index (χ2v) is 6.27. The number of nitrogens with two attached hydrogens (primary N) is 1. The molecular formula is C18H20ClN3O. The summed E-state index contributed by atoms with van der Waals surface area (Å²) in [6.45, 7) is 5.74. The van der Waals surface area contributed by atoms with E-state index in [2.05, 4.69) is 22.8 Å². The van der Waals surface area contributed by atoms with Gasteiger partial charge in [0, 0.05) is 53.8 Å². The summed E-state index contributed by atoms with van der Waals surface area (Å²) in [6, 6.07) is 11.6. The van der Waals surface area contributed by atoms with Gasteiger partial charge in [0.15, 0.2) is 6.29 Å². The molecule has 1 aliphatic heterocycles. The fourth-order valence-electron chi connectivity index (χ4n) is 2.99. The van der Waals surface area contributed by atoms with E-state index in [9.17, 15) is 4.79 Å². The van der Waals surface area contributed by atoms with Crippen LogP contribution < -0.4 is 15.5 Å². The van der Waals surface area contributed by atoms with E-state index in [-0.39, 0.29) is 0 Å². The van der Waals surface area contributed by atoms with Gasteiger partial charge < -0.3 is 15.5 Å².